The van der Waals surface area contributed by atoms with Gasteiger partial charge in [0.05, 0.1) is 6.54 Å². The molecule has 0 radical (unpaired) electrons. The van der Waals surface area contributed by atoms with E-state index in [1.165, 1.54) is 29.7 Å². The van der Waals surface area contributed by atoms with Gasteiger partial charge in [-0.15, -0.1) is 0 Å². The topological polar surface area (TPSA) is 117 Å². The number of hydrogen-bond donors (Lipinski definition) is 1. The van der Waals surface area contributed by atoms with E-state index in [0.717, 1.165) is 0 Å². The maximum Gasteiger partial charge on any atom is 0.375 e. The van der Waals surface area contributed by atoms with Crippen LogP contribution in [0.1, 0.15) is 29.0 Å². The second kappa shape index (κ2) is 7.73. The van der Waals surface area contributed by atoms with Crippen LogP contribution in [0.3, 0.4) is 0 Å². The molecule has 0 saturated carbocycles. The number of aryl methyl sites for hydroxylation is 1. The highest BCUT2D eigenvalue weighted by atomic mass is 16.6. The Bertz CT molecular complexity index is 1020. The molecule has 9 heteroatoms. The lowest BCUT2D eigenvalue weighted by Gasteiger charge is -2.11. The minimum atomic E-state index is -1.07. The fourth-order valence-electron chi connectivity index (χ4n) is 2.26. The summed E-state index contributed by atoms with van der Waals surface area (Å²) in [7, 11) is 0. The monoisotopic (exact) mass is 371 g/mol. The number of rotatable bonds is 6. The van der Waals surface area contributed by atoms with Crippen LogP contribution in [0.5, 0.6) is 0 Å². The van der Waals surface area contributed by atoms with Crippen molar-refractivity contribution in [3.63, 3.8) is 0 Å². The molecule has 1 atom stereocenters. The number of anilines is 1. The predicted octanol–water partition coefficient (Wildman–Crippen LogP) is 1.97. The summed E-state index contributed by atoms with van der Waals surface area (Å²) in [6.07, 6.45) is 0.542. The summed E-state index contributed by atoms with van der Waals surface area (Å²) in [6.45, 7) is 3.28. The van der Waals surface area contributed by atoms with E-state index < -0.39 is 18.0 Å². The largest absolute Gasteiger partial charge is 0.452 e. The minimum Gasteiger partial charge on any atom is -0.452 e. The zero-order chi connectivity index (χ0) is 19.4. The number of aromatic nitrogens is 2. The summed E-state index contributed by atoms with van der Waals surface area (Å²) in [6, 6.07) is 9.31. The van der Waals surface area contributed by atoms with E-state index in [1.54, 1.807) is 31.3 Å². The van der Waals surface area contributed by atoms with E-state index >= 15 is 0 Å². The zero-order valence-corrected chi connectivity index (χ0v) is 14.7. The van der Waals surface area contributed by atoms with Gasteiger partial charge in [0.2, 0.25) is 5.76 Å². The third kappa shape index (κ3) is 4.51. The summed E-state index contributed by atoms with van der Waals surface area (Å²) < 4.78 is 16.8. The molecule has 0 aromatic carbocycles. The van der Waals surface area contributed by atoms with Crippen LogP contribution in [-0.4, -0.2) is 27.7 Å². The van der Waals surface area contributed by atoms with Crippen molar-refractivity contribution in [1.82, 2.24) is 9.72 Å². The van der Waals surface area contributed by atoms with Crippen LogP contribution in [0.15, 0.2) is 56.3 Å². The Morgan fingerprint density at radius 2 is 2.11 bits per heavy atom. The van der Waals surface area contributed by atoms with E-state index in [0.29, 0.717) is 11.5 Å². The number of nitrogens with one attached hydrogen (secondary N) is 1. The lowest BCUT2D eigenvalue weighted by atomic mass is 10.3. The Morgan fingerprint density at radius 3 is 2.81 bits per heavy atom. The van der Waals surface area contributed by atoms with Gasteiger partial charge in [-0.3, -0.25) is 9.59 Å². The summed E-state index contributed by atoms with van der Waals surface area (Å²) >= 11 is 0. The van der Waals surface area contributed by atoms with Gasteiger partial charge in [0, 0.05) is 18.3 Å². The van der Waals surface area contributed by atoms with Crippen molar-refractivity contribution >= 4 is 17.7 Å². The van der Waals surface area contributed by atoms with Crippen molar-refractivity contribution in [1.29, 1.82) is 0 Å². The van der Waals surface area contributed by atoms with Crippen LogP contribution in [-0.2, 0) is 16.1 Å². The van der Waals surface area contributed by atoms with Gasteiger partial charge in [-0.25, -0.2) is 4.79 Å². The average molecular weight is 371 g/mol. The van der Waals surface area contributed by atoms with Crippen LogP contribution < -0.4 is 10.9 Å². The fraction of sp³-hybridized carbons (Fsp3) is 0.222. The number of carbonyl (C=O) groups is 2. The molecule has 140 valence electrons. The molecular weight excluding hydrogens is 354 g/mol. The van der Waals surface area contributed by atoms with Crippen molar-refractivity contribution in [3.05, 3.63) is 70.2 Å². The SMILES string of the molecule is Cc1cc(NC(=O)[C@@H](C)OC(=O)c2ccc(Cn3ccccc3=O)o2)no1. The van der Waals surface area contributed by atoms with Gasteiger partial charge in [-0.05, 0) is 32.0 Å². The second-order valence-corrected chi connectivity index (χ2v) is 5.79. The molecule has 9 nitrogen and oxygen atoms in total. The standard InChI is InChI=1S/C18H17N3O6/c1-11-9-15(20-27-11)19-17(23)12(2)25-18(24)14-7-6-13(26-14)10-21-8-4-3-5-16(21)22/h3-9,12H,10H2,1-2H3,(H,19,20,23)/t12-/m1/s1. The quantitative estimate of drug-likeness (QED) is 0.658. The van der Waals surface area contributed by atoms with Gasteiger partial charge in [-0.2, -0.15) is 0 Å². The van der Waals surface area contributed by atoms with E-state index in [4.69, 9.17) is 13.7 Å². The molecule has 3 aromatic rings. The number of furan rings is 1. The first-order valence-corrected chi connectivity index (χ1v) is 8.12. The first kappa shape index (κ1) is 18.2. The number of ether oxygens (including phenoxy) is 1. The number of hydrogen-bond acceptors (Lipinski definition) is 7. The first-order valence-electron chi connectivity index (χ1n) is 8.12. The van der Waals surface area contributed by atoms with Gasteiger partial charge in [0.15, 0.2) is 11.9 Å². The van der Waals surface area contributed by atoms with E-state index in [1.807, 2.05) is 0 Å². The zero-order valence-electron chi connectivity index (χ0n) is 14.7. The van der Waals surface area contributed by atoms with Crippen LogP contribution in [0.25, 0.3) is 0 Å². The van der Waals surface area contributed by atoms with Gasteiger partial charge >= 0.3 is 5.97 Å². The lowest BCUT2D eigenvalue weighted by molar-refractivity contribution is -0.123. The maximum atomic E-state index is 12.2. The molecule has 0 aliphatic heterocycles. The third-order valence-electron chi connectivity index (χ3n) is 3.62. The molecule has 0 spiro atoms. The molecule has 1 amide bonds. The minimum absolute atomic E-state index is 0.0640. The smallest absolute Gasteiger partial charge is 0.375 e. The lowest BCUT2D eigenvalue weighted by Crippen LogP contribution is -2.30. The van der Waals surface area contributed by atoms with Crippen molar-refractivity contribution in [2.75, 3.05) is 5.32 Å². The summed E-state index contributed by atoms with van der Waals surface area (Å²) in [4.78, 5) is 35.9. The number of esters is 1. The highest BCUT2D eigenvalue weighted by Gasteiger charge is 2.22. The molecule has 0 aliphatic rings. The summed E-state index contributed by atoms with van der Waals surface area (Å²) in [5, 5.41) is 6.11. The van der Waals surface area contributed by atoms with Gasteiger partial charge in [0.25, 0.3) is 11.5 Å². The summed E-state index contributed by atoms with van der Waals surface area (Å²) in [5.41, 5.74) is -0.189. The predicted molar refractivity (Wildman–Crippen MR) is 93.3 cm³/mol. The first-order chi connectivity index (χ1) is 12.9. The molecule has 3 aromatic heterocycles. The number of pyridine rings is 1. The van der Waals surface area contributed by atoms with Crippen LogP contribution in [0.4, 0.5) is 5.82 Å². The van der Waals surface area contributed by atoms with Crippen LogP contribution in [0.2, 0.25) is 0 Å². The molecule has 0 aliphatic carbocycles. The normalized spacial score (nSPS) is 11.8. The van der Waals surface area contributed by atoms with Gasteiger partial charge in [0.1, 0.15) is 11.5 Å². The fourth-order valence-corrected chi connectivity index (χ4v) is 2.26. The Balaban J connectivity index is 1.59. The molecule has 0 bridgehead atoms. The Morgan fingerprint density at radius 1 is 1.30 bits per heavy atom. The Kier molecular flexibility index (Phi) is 5.20. The van der Waals surface area contributed by atoms with E-state index in [9.17, 15) is 14.4 Å². The van der Waals surface area contributed by atoms with Crippen molar-refractivity contribution in [2.45, 2.75) is 26.5 Å². The van der Waals surface area contributed by atoms with Crippen molar-refractivity contribution in [3.8, 4) is 0 Å². The van der Waals surface area contributed by atoms with Crippen LogP contribution >= 0.6 is 0 Å². The van der Waals surface area contributed by atoms with E-state index in [-0.39, 0.29) is 23.7 Å². The molecule has 3 heterocycles. The molecule has 0 fully saturated rings. The molecule has 3 rings (SSSR count). The second-order valence-electron chi connectivity index (χ2n) is 5.79. The van der Waals surface area contributed by atoms with Crippen LogP contribution in [0, 0.1) is 6.92 Å². The molecule has 0 unspecified atom stereocenters. The third-order valence-corrected chi connectivity index (χ3v) is 3.62. The number of carbonyl (C=O) groups excluding carboxylic acids is 2. The Hall–Kier alpha value is -3.62. The van der Waals surface area contributed by atoms with Gasteiger partial charge < -0.3 is 23.6 Å². The molecule has 0 saturated heterocycles. The molecule has 27 heavy (non-hydrogen) atoms. The van der Waals surface area contributed by atoms with Crippen molar-refractivity contribution in [2.24, 2.45) is 0 Å². The Labute approximate surface area is 153 Å². The van der Waals surface area contributed by atoms with Crippen molar-refractivity contribution < 1.29 is 23.3 Å². The van der Waals surface area contributed by atoms with E-state index in [2.05, 4.69) is 10.5 Å². The highest BCUT2D eigenvalue weighted by Crippen LogP contribution is 2.13. The molecule has 1 N–H and O–H groups in total. The molecular formula is C18H17N3O6. The highest BCUT2D eigenvalue weighted by molar-refractivity contribution is 5.96. The number of nitrogens with zero attached hydrogens (tertiary/aromatic N) is 2. The van der Waals surface area contributed by atoms with Gasteiger partial charge in [-0.1, -0.05) is 11.2 Å². The maximum absolute atomic E-state index is 12.2. The summed E-state index contributed by atoms with van der Waals surface area (Å²) in [5.74, 6) is -0.235. The number of amides is 1. The average Bonchev–Trinajstić information content (AvgIpc) is 3.26.